The van der Waals surface area contributed by atoms with Gasteiger partial charge in [0.15, 0.2) is 5.78 Å². The van der Waals surface area contributed by atoms with Crippen molar-refractivity contribution in [2.75, 3.05) is 0 Å². The zero-order valence-electron chi connectivity index (χ0n) is 10.1. The highest BCUT2D eigenvalue weighted by Gasteiger charge is 2.20. The molecule has 21 heavy (non-hydrogen) atoms. The maximum absolute atomic E-state index is 13.5. The minimum atomic E-state index is -4.30. The molecule has 0 N–H and O–H groups in total. The molecule has 2 rings (SSSR count). The molecule has 0 aliphatic heterocycles. The van der Waals surface area contributed by atoms with Crippen LogP contribution >= 0.6 is 33.9 Å². The van der Waals surface area contributed by atoms with Gasteiger partial charge in [0.25, 0.3) is 9.05 Å². The Morgan fingerprint density at radius 2 is 1.71 bits per heavy atom. The van der Waals surface area contributed by atoms with Gasteiger partial charge in [-0.2, -0.15) is 0 Å². The molecule has 0 aliphatic carbocycles. The number of carbonyl (C=O) groups excluding carboxylic acids is 1. The number of hydrogen-bond acceptors (Lipinski definition) is 3. The van der Waals surface area contributed by atoms with Crippen LogP contribution in [0, 0.1) is 5.82 Å². The molecule has 2 aromatic carbocycles. The lowest BCUT2D eigenvalue weighted by molar-refractivity contribution is 0.103. The van der Waals surface area contributed by atoms with E-state index in [0.717, 1.165) is 18.2 Å². The van der Waals surface area contributed by atoms with Crippen LogP contribution in [0.1, 0.15) is 15.9 Å². The maximum Gasteiger partial charge on any atom is 0.264 e. The molecular formula is C13H6Cl3FO3S. The first-order valence-corrected chi connectivity index (χ1v) is 8.50. The molecule has 0 amide bonds. The van der Waals surface area contributed by atoms with Gasteiger partial charge in [-0.1, -0.05) is 23.2 Å². The van der Waals surface area contributed by atoms with E-state index in [1.165, 1.54) is 18.2 Å². The Morgan fingerprint density at radius 1 is 1.05 bits per heavy atom. The second-order valence-electron chi connectivity index (χ2n) is 4.04. The Kier molecular flexibility index (Phi) is 4.58. The molecule has 0 heterocycles. The van der Waals surface area contributed by atoms with Crippen LogP contribution in [-0.4, -0.2) is 14.2 Å². The molecular weight excluding hydrogens is 362 g/mol. The predicted molar refractivity (Wildman–Crippen MR) is 79.3 cm³/mol. The monoisotopic (exact) mass is 366 g/mol. The number of ketones is 1. The third-order valence-corrected chi connectivity index (χ3v) is 4.53. The average molecular weight is 368 g/mol. The summed E-state index contributed by atoms with van der Waals surface area (Å²) in [6.07, 6.45) is 0. The Bertz CT molecular complexity index is 835. The highest BCUT2D eigenvalue weighted by molar-refractivity contribution is 8.13. The molecule has 0 atom stereocenters. The summed E-state index contributed by atoms with van der Waals surface area (Å²) in [5.41, 5.74) is 0.00786. The van der Waals surface area contributed by atoms with Gasteiger partial charge in [-0.25, -0.2) is 12.8 Å². The fourth-order valence-corrected chi connectivity index (χ4v) is 2.96. The molecule has 0 spiro atoms. The predicted octanol–water partition coefficient (Wildman–Crippen LogP) is 4.29. The third-order valence-electron chi connectivity index (χ3n) is 2.63. The number of halogens is 4. The van der Waals surface area contributed by atoms with E-state index >= 15 is 0 Å². The molecule has 3 nitrogen and oxygen atoms in total. The van der Waals surface area contributed by atoms with Crippen molar-refractivity contribution >= 4 is 48.7 Å². The standard InChI is InChI=1S/C13H6Cl3FO3S/c14-8-2-3-10(15)9(6-8)13(18)7-1-4-11(17)12(5-7)21(16,19)20/h1-6H. The third kappa shape index (κ3) is 3.55. The van der Waals surface area contributed by atoms with Crippen LogP contribution in [-0.2, 0) is 9.05 Å². The molecule has 0 radical (unpaired) electrons. The average Bonchev–Trinajstić information content (AvgIpc) is 2.40. The van der Waals surface area contributed by atoms with Crippen LogP contribution in [0.15, 0.2) is 41.3 Å². The molecule has 2 aromatic rings. The molecule has 8 heteroatoms. The van der Waals surface area contributed by atoms with Crippen molar-refractivity contribution in [1.82, 2.24) is 0 Å². The van der Waals surface area contributed by atoms with Gasteiger partial charge >= 0.3 is 0 Å². The van der Waals surface area contributed by atoms with Crippen molar-refractivity contribution in [2.24, 2.45) is 0 Å². The minimum Gasteiger partial charge on any atom is -0.289 e. The van der Waals surface area contributed by atoms with Crippen LogP contribution in [0.5, 0.6) is 0 Å². The van der Waals surface area contributed by atoms with Gasteiger partial charge in [-0.3, -0.25) is 4.79 Å². The normalized spacial score (nSPS) is 11.4. The van der Waals surface area contributed by atoms with Crippen molar-refractivity contribution < 1.29 is 17.6 Å². The van der Waals surface area contributed by atoms with Gasteiger partial charge in [-0.15, -0.1) is 0 Å². The van der Waals surface area contributed by atoms with Crippen LogP contribution in [0.25, 0.3) is 0 Å². The minimum absolute atomic E-state index is 0.0696. The summed E-state index contributed by atoms with van der Waals surface area (Å²) in [7, 11) is 0.813. The highest BCUT2D eigenvalue weighted by atomic mass is 35.7. The van der Waals surface area contributed by atoms with Crippen molar-refractivity contribution in [3.63, 3.8) is 0 Å². The lowest BCUT2D eigenvalue weighted by Gasteiger charge is -2.06. The van der Waals surface area contributed by atoms with E-state index in [1.807, 2.05) is 0 Å². The van der Waals surface area contributed by atoms with E-state index in [0.29, 0.717) is 0 Å². The summed E-state index contributed by atoms with van der Waals surface area (Å²) >= 11 is 11.7. The van der Waals surface area contributed by atoms with E-state index in [1.54, 1.807) is 0 Å². The largest absolute Gasteiger partial charge is 0.289 e. The fraction of sp³-hybridized carbons (Fsp3) is 0. The Balaban J connectivity index is 2.57. The molecule has 0 aromatic heterocycles. The van der Waals surface area contributed by atoms with Gasteiger partial charge < -0.3 is 0 Å². The lowest BCUT2D eigenvalue weighted by atomic mass is 10.0. The Morgan fingerprint density at radius 3 is 2.33 bits per heavy atom. The van der Waals surface area contributed by atoms with Crippen molar-refractivity contribution in [3.8, 4) is 0 Å². The fourth-order valence-electron chi connectivity index (χ4n) is 1.66. The molecule has 0 saturated heterocycles. The lowest BCUT2D eigenvalue weighted by Crippen LogP contribution is -2.05. The molecule has 0 saturated carbocycles. The molecule has 0 aliphatic rings. The zero-order chi connectivity index (χ0) is 15.8. The van der Waals surface area contributed by atoms with Gasteiger partial charge in [0.2, 0.25) is 0 Å². The van der Waals surface area contributed by atoms with E-state index in [-0.39, 0.29) is 21.2 Å². The summed E-state index contributed by atoms with van der Waals surface area (Å²) < 4.78 is 36.0. The number of rotatable bonds is 3. The summed E-state index contributed by atoms with van der Waals surface area (Å²) in [6.45, 7) is 0. The van der Waals surface area contributed by atoms with Gasteiger partial charge in [0, 0.05) is 26.8 Å². The maximum atomic E-state index is 13.5. The van der Waals surface area contributed by atoms with Gasteiger partial charge in [0.05, 0.1) is 5.02 Å². The summed E-state index contributed by atoms with van der Waals surface area (Å²) in [4.78, 5) is 11.5. The Hall–Kier alpha value is -1.14. The number of carbonyl (C=O) groups is 1. The summed E-state index contributed by atoms with van der Waals surface area (Å²) in [5.74, 6) is -1.64. The number of benzene rings is 2. The van der Waals surface area contributed by atoms with E-state index in [9.17, 15) is 17.6 Å². The quantitative estimate of drug-likeness (QED) is 0.600. The second kappa shape index (κ2) is 5.93. The van der Waals surface area contributed by atoms with E-state index in [4.69, 9.17) is 33.9 Å². The number of hydrogen-bond donors (Lipinski definition) is 0. The molecule has 0 unspecified atom stereocenters. The van der Waals surface area contributed by atoms with Crippen LogP contribution in [0.3, 0.4) is 0 Å². The van der Waals surface area contributed by atoms with Crippen LogP contribution in [0.4, 0.5) is 4.39 Å². The van der Waals surface area contributed by atoms with Crippen molar-refractivity contribution in [2.45, 2.75) is 4.90 Å². The molecule has 0 fully saturated rings. The topological polar surface area (TPSA) is 51.2 Å². The zero-order valence-corrected chi connectivity index (χ0v) is 13.2. The second-order valence-corrected chi connectivity index (χ2v) is 7.41. The Labute approximate surface area is 134 Å². The van der Waals surface area contributed by atoms with E-state index < -0.39 is 25.5 Å². The molecule has 0 bridgehead atoms. The van der Waals surface area contributed by atoms with E-state index in [2.05, 4.69) is 0 Å². The highest BCUT2D eigenvalue weighted by Crippen LogP contribution is 2.26. The smallest absolute Gasteiger partial charge is 0.264 e. The van der Waals surface area contributed by atoms with Gasteiger partial charge in [-0.05, 0) is 36.4 Å². The summed E-state index contributed by atoms with van der Waals surface area (Å²) in [6, 6.07) is 7.11. The first kappa shape index (κ1) is 16.2. The van der Waals surface area contributed by atoms with Crippen molar-refractivity contribution in [1.29, 1.82) is 0 Å². The first-order valence-electron chi connectivity index (χ1n) is 5.44. The summed E-state index contributed by atoms with van der Waals surface area (Å²) in [5, 5.41) is 0.430. The van der Waals surface area contributed by atoms with Crippen molar-refractivity contribution in [3.05, 3.63) is 63.4 Å². The first-order chi connectivity index (χ1) is 9.70. The van der Waals surface area contributed by atoms with Gasteiger partial charge in [0.1, 0.15) is 10.7 Å². The SMILES string of the molecule is O=C(c1ccc(F)c(S(=O)(=O)Cl)c1)c1cc(Cl)ccc1Cl. The molecule has 110 valence electrons. The van der Waals surface area contributed by atoms with Crippen LogP contribution < -0.4 is 0 Å². The van der Waals surface area contributed by atoms with Crippen LogP contribution in [0.2, 0.25) is 10.0 Å².